The SMILES string of the molecule is Cc1nc(NCC(F)(F)F)nc(NC2CC(CO)[C@@H](O)C2)c1-c1nc2ccccc2s1. The number of hydrogen-bond acceptors (Lipinski definition) is 8. The van der Waals surface area contributed by atoms with Crippen LogP contribution in [0.1, 0.15) is 18.5 Å². The van der Waals surface area contributed by atoms with Gasteiger partial charge in [0.15, 0.2) is 0 Å². The van der Waals surface area contributed by atoms with E-state index in [4.69, 9.17) is 0 Å². The zero-order chi connectivity index (χ0) is 22.2. The number of hydrogen-bond donors (Lipinski definition) is 4. The van der Waals surface area contributed by atoms with Crippen LogP contribution in [-0.4, -0.2) is 56.6 Å². The topological polar surface area (TPSA) is 103 Å². The van der Waals surface area contributed by atoms with E-state index in [-0.39, 0.29) is 24.5 Å². The van der Waals surface area contributed by atoms with Crippen LogP contribution in [0.3, 0.4) is 0 Å². The number of anilines is 2. The van der Waals surface area contributed by atoms with Crippen molar-refractivity contribution < 1.29 is 23.4 Å². The first-order valence-electron chi connectivity index (χ1n) is 9.84. The van der Waals surface area contributed by atoms with Gasteiger partial charge in [-0.05, 0) is 31.9 Å². The van der Waals surface area contributed by atoms with Crippen molar-refractivity contribution in [3.63, 3.8) is 0 Å². The molecular weight excluding hydrogens is 431 g/mol. The summed E-state index contributed by atoms with van der Waals surface area (Å²) >= 11 is 1.44. The van der Waals surface area contributed by atoms with Crippen molar-refractivity contribution in [2.75, 3.05) is 23.8 Å². The van der Waals surface area contributed by atoms with Crippen molar-refractivity contribution >= 4 is 33.3 Å². The van der Waals surface area contributed by atoms with Gasteiger partial charge in [-0.1, -0.05) is 12.1 Å². The molecule has 0 radical (unpaired) electrons. The molecule has 1 aliphatic rings. The third-order valence-electron chi connectivity index (χ3n) is 5.28. The fourth-order valence-electron chi connectivity index (χ4n) is 3.78. The van der Waals surface area contributed by atoms with Crippen molar-refractivity contribution in [1.29, 1.82) is 0 Å². The quantitative estimate of drug-likeness (QED) is 0.452. The molecule has 0 aliphatic heterocycles. The molecule has 2 aromatic heterocycles. The third kappa shape index (κ3) is 4.89. The molecule has 1 aromatic carbocycles. The Labute approximate surface area is 180 Å². The number of aromatic nitrogens is 3. The number of nitrogens with zero attached hydrogens (tertiary/aromatic N) is 3. The molecule has 11 heteroatoms. The number of benzene rings is 1. The molecule has 2 unspecified atom stereocenters. The predicted octanol–water partition coefficient (Wildman–Crippen LogP) is 3.58. The maximum atomic E-state index is 12.7. The molecule has 0 spiro atoms. The molecule has 4 rings (SSSR count). The average Bonchev–Trinajstić information content (AvgIpc) is 3.28. The standard InChI is InChI=1S/C20H22F3N5O2S/c1-10-16(18-27-13-4-2-3-5-15(13)31-18)17(26-12-6-11(8-29)14(30)7-12)28-19(25-10)24-9-20(21,22)23/h2-5,11-12,14,29-30H,6-9H2,1H3,(H2,24,25,26,28)/t11?,12?,14-/m0/s1. The van der Waals surface area contributed by atoms with Crippen molar-refractivity contribution in [2.24, 2.45) is 5.92 Å². The minimum absolute atomic E-state index is 0.134. The highest BCUT2D eigenvalue weighted by molar-refractivity contribution is 7.21. The highest BCUT2D eigenvalue weighted by Crippen LogP contribution is 2.38. The summed E-state index contributed by atoms with van der Waals surface area (Å²) in [4.78, 5) is 13.2. The summed E-state index contributed by atoms with van der Waals surface area (Å²) in [6.07, 6.45) is -4.14. The number of aryl methyl sites for hydroxylation is 1. The Hall–Kier alpha value is -2.50. The fraction of sp³-hybridized carbons (Fsp3) is 0.450. The molecular formula is C20H22F3N5O2S. The Morgan fingerprint density at radius 2 is 1.94 bits per heavy atom. The highest BCUT2D eigenvalue weighted by Gasteiger charge is 2.34. The summed E-state index contributed by atoms with van der Waals surface area (Å²) in [5, 5.41) is 25.7. The molecule has 4 N–H and O–H groups in total. The van der Waals surface area contributed by atoms with Gasteiger partial charge >= 0.3 is 6.18 Å². The molecule has 31 heavy (non-hydrogen) atoms. The average molecular weight is 453 g/mol. The Morgan fingerprint density at radius 1 is 1.16 bits per heavy atom. The number of fused-ring (bicyclic) bond motifs is 1. The molecule has 3 atom stereocenters. The lowest BCUT2D eigenvalue weighted by molar-refractivity contribution is -0.115. The van der Waals surface area contributed by atoms with Gasteiger partial charge in [-0.3, -0.25) is 0 Å². The minimum atomic E-state index is -4.40. The zero-order valence-corrected chi connectivity index (χ0v) is 17.5. The van der Waals surface area contributed by atoms with E-state index >= 15 is 0 Å². The second kappa shape index (κ2) is 8.56. The monoisotopic (exact) mass is 453 g/mol. The molecule has 1 aliphatic carbocycles. The van der Waals surface area contributed by atoms with Gasteiger partial charge in [-0.15, -0.1) is 11.3 Å². The minimum Gasteiger partial charge on any atom is -0.396 e. The van der Waals surface area contributed by atoms with Crippen LogP contribution in [0.15, 0.2) is 24.3 Å². The first-order chi connectivity index (χ1) is 14.7. The van der Waals surface area contributed by atoms with Crippen molar-refractivity contribution in [1.82, 2.24) is 15.0 Å². The summed E-state index contributed by atoms with van der Waals surface area (Å²) in [6, 6.07) is 7.43. The van der Waals surface area contributed by atoms with Crippen molar-refractivity contribution in [3.05, 3.63) is 30.0 Å². The van der Waals surface area contributed by atoms with E-state index in [0.29, 0.717) is 34.9 Å². The number of rotatable bonds is 6. The van der Waals surface area contributed by atoms with Gasteiger partial charge in [-0.2, -0.15) is 18.2 Å². The number of alkyl halides is 3. The van der Waals surface area contributed by atoms with Gasteiger partial charge in [-0.25, -0.2) is 9.97 Å². The van der Waals surface area contributed by atoms with Gasteiger partial charge in [0.2, 0.25) is 5.95 Å². The summed E-state index contributed by atoms with van der Waals surface area (Å²) in [5.41, 5.74) is 1.91. The van der Waals surface area contributed by atoms with Gasteiger partial charge in [0.25, 0.3) is 0 Å². The second-order valence-corrected chi connectivity index (χ2v) is 8.67. The van der Waals surface area contributed by atoms with Crippen LogP contribution in [0.4, 0.5) is 24.9 Å². The van der Waals surface area contributed by atoms with Gasteiger partial charge < -0.3 is 20.8 Å². The molecule has 166 valence electrons. The molecule has 2 heterocycles. The van der Waals surface area contributed by atoms with E-state index in [9.17, 15) is 23.4 Å². The van der Waals surface area contributed by atoms with Crippen LogP contribution in [0.5, 0.6) is 0 Å². The smallest absolute Gasteiger partial charge is 0.396 e. The first-order valence-corrected chi connectivity index (χ1v) is 10.7. The number of thiazole rings is 1. The Morgan fingerprint density at radius 3 is 2.61 bits per heavy atom. The first kappa shape index (κ1) is 21.7. The van der Waals surface area contributed by atoms with Crippen LogP contribution in [0.2, 0.25) is 0 Å². The van der Waals surface area contributed by atoms with E-state index < -0.39 is 18.8 Å². The fourth-order valence-corrected chi connectivity index (χ4v) is 4.84. The molecule has 0 saturated heterocycles. The number of aliphatic hydroxyl groups is 2. The second-order valence-electron chi connectivity index (χ2n) is 7.63. The largest absolute Gasteiger partial charge is 0.405 e. The summed E-state index contributed by atoms with van der Waals surface area (Å²) < 4.78 is 39.0. The van der Waals surface area contributed by atoms with Crippen molar-refractivity contribution in [2.45, 2.75) is 38.1 Å². The van der Waals surface area contributed by atoms with Gasteiger partial charge in [0.05, 0.1) is 27.6 Å². The van der Waals surface area contributed by atoms with E-state index in [0.717, 1.165) is 10.2 Å². The zero-order valence-electron chi connectivity index (χ0n) is 16.6. The molecule has 1 saturated carbocycles. The number of halogens is 3. The van der Waals surface area contributed by atoms with Gasteiger partial charge in [0.1, 0.15) is 17.4 Å². The molecule has 1 fully saturated rings. The van der Waals surface area contributed by atoms with E-state index in [2.05, 4.69) is 25.6 Å². The molecule has 0 bridgehead atoms. The Bertz CT molecular complexity index is 1040. The number of nitrogens with one attached hydrogen (secondary N) is 2. The summed E-state index contributed by atoms with van der Waals surface area (Å²) in [6.45, 7) is 0.319. The van der Waals surface area contributed by atoms with Gasteiger partial charge in [0, 0.05) is 18.6 Å². The number of aliphatic hydroxyl groups excluding tert-OH is 2. The maximum absolute atomic E-state index is 12.7. The van der Waals surface area contributed by atoms with E-state index in [1.165, 1.54) is 11.3 Å². The lowest BCUT2D eigenvalue weighted by atomic mass is 10.1. The lowest BCUT2D eigenvalue weighted by Gasteiger charge is -2.18. The summed E-state index contributed by atoms with van der Waals surface area (Å²) in [7, 11) is 0. The van der Waals surface area contributed by atoms with E-state index in [1.54, 1.807) is 6.92 Å². The molecule has 3 aromatic rings. The Balaban J connectivity index is 1.71. The lowest BCUT2D eigenvalue weighted by Crippen LogP contribution is -2.24. The maximum Gasteiger partial charge on any atom is 0.405 e. The molecule has 0 amide bonds. The van der Waals surface area contributed by atoms with E-state index in [1.807, 2.05) is 24.3 Å². The number of para-hydroxylation sites is 1. The van der Waals surface area contributed by atoms with Crippen LogP contribution < -0.4 is 10.6 Å². The van der Waals surface area contributed by atoms with Crippen LogP contribution >= 0.6 is 11.3 Å². The molecule has 7 nitrogen and oxygen atoms in total. The van der Waals surface area contributed by atoms with Crippen molar-refractivity contribution in [3.8, 4) is 10.6 Å². The third-order valence-corrected chi connectivity index (χ3v) is 6.33. The highest BCUT2D eigenvalue weighted by atomic mass is 32.1. The predicted molar refractivity (Wildman–Crippen MR) is 113 cm³/mol. The van der Waals surface area contributed by atoms with Crippen LogP contribution in [0.25, 0.3) is 20.8 Å². The van der Waals surface area contributed by atoms with Crippen LogP contribution in [0, 0.1) is 12.8 Å². The van der Waals surface area contributed by atoms with Crippen LogP contribution in [-0.2, 0) is 0 Å². The summed E-state index contributed by atoms with van der Waals surface area (Å²) in [5.74, 6) is -0.0411. The normalized spacial score (nSPS) is 21.5. The Kier molecular flexibility index (Phi) is 6.00.